The fraction of sp³-hybridized carbons (Fsp3) is 0.375. The van der Waals surface area contributed by atoms with Crippen LogP contribution in [-0.4, -0.2) is 28.6 Å². The summed E-state index contributed by atoms with van der Waals surface area (Å²) in [6.07, 6.45) is 0.282. The first-order chi connectivity index (χ1) is 10.8. The first kappa shape index (κ1) is 15.2. The van der Waals surface area contributed by atoms with Gasteiger partial charge in [0.25, 0.3) is 5.89 Å². The van der Waals surface area contributed by atoms with E-state index >= 15 is 0 Å². The quantitative estimate of drug-likeness (QED) is 0.920. The Bertz CT molecular complexity index is 761. The summed E-state index contributed by atoms with van der Waals surface area (Å²) in [5.74, 6) is 0.776. The topological polar surface area (TPSA) is 88.3 Å². The van der Waals surface area contributed by atoms with Gasteiger partial charge in [0.2, 0.25) is 5.91 Å². The van der Waals surface area contributed by atoms with E-state index in [2.05, 4.69) is 15.5 Å². The van der Waals surface area contributed by atoms with Crippen molar-refractivity contribution in [2.45, 2.75) is 32.6 Å². The van der Waals surface area contributed by atoms with Gasteiger partial charge in [-0.05, 0) is 18.2 Å². The van der Waals surface area contributed by atoms with Gasteiger partial charge in [0.15, 0.2) is 5.82 Å². The fourth-order valence-corrected chi connectivity index (χ4v) is 2.26. The molecule has 23 heavy (non-hydrogen) atoms. The standard InChI is InChI=1S/C16H18N4O3/c1-16(2,3)14-18-13(23-19-14)10-5-4-6-11(9-10)20-8-7-12(21)17-15(20)22/h4-6,9H,7-8H2,1-3H3,(H,17,21,22). The number of rotatable bonds is 2. The summed E-state index contributed by atoms with van der Waals surface area (Å²) in [7, 11) is 0. The van der Waals surface area contributed by atoms with Crippen molar-refractivity contribution in [1.29, 1.82) is 0 Å². The summed E-state index contributed by atoms with van der Waals surface area (Å²) < 4.78 is 5.33. The first-order valence-electron chi connectivity index (χ1n) is 7.40. The summed E-state index contributed by atoms with van der Waals surface area (Å²) in [6, 6.07) is 6.85. The van der Waals surface area contributed by atoms with Crippen molar-refractivity contribution in [2.24, 2.45) is 0 Å². The molecule has 1 aromatic heterocycles. The molecular formula is C16H18N4O3. The van der Waals surface area contributed by atoms with Gasteiger partial charge in [0, 0.05) is 29.6 Å². The van der Waals surface area contributed by atoms with Crippen LogP contribution in [-0.2, 0) is 10.2 Å². The molecule has 0 atom stereocenters. The number of benzene rings is 1. The third-order valence-corrected chi connectivity index (χ3v) is 3.56. The number of hydrogen-bond donors (Lipinski definition) is 1. The molecule has 1 saturated heterocycles. The van der Waals surface area contributed by atoms with Crippen LogP contribution in [0.4, 0.5) is 10.5 Å². The molecule has 0 saturated carbocycles. The molecule has 3 amide bonds. The zero-order chi connectivity index (χ0) is 16.6. The maximum atomic E-state index is 11.9. The molecule has 1 aromatic carbocycles. The lowest BCUT2D eigenvalue weighted by atomic mass is 9.96. The van der Waals surface area contributed by atoms with Gasteiger partial charge in [-0.25, -0.2) is 4.79 Å². The van der Waals surface area contributed by atoms with E-state index < -0.39 is 6.03 Å². The molecule has 0 bridgehead atoms. The van der Waals surface area contributed by atoms with Crippen LogP contribution in [0.3, 0.4) is 0 Å². The Labute approximate surface area is 133 Å². The number of nitrogens with zero attached hydrogens (tertiary/aromatic N) is 3. The Balaban J connectivity index is 1.90. The van der Waals surface area contributed by atoms with Gasteiger partial charge in [-0.2, -0.15) is 4.98 Å². The molecule has 2 heterocycles. The minimum atomic E-state index is -0.417. The van der Waals surface area contributed by atoms with Crippen LogP contribution in [0.2, 0.25) is 0 Å². The summed E-state index contributed by atoms with van der Waals surface area (Å²) in [6.45, 7) is 6.37. The van der Waals surface area contributed by atoms with E-state index in [0.29, 0.717) is 23.9 Å². The predicted molar refractivity (Wildman–Crippen MR) is 83.9 cm³/mol. The summed E-state index contributed by atoms with van der Waals surface area (Å²) in [5, 5.41) is 6.31. The van der Waals surface area contributed by atoms with Crippen molar-refractivity contribution >= 4 is 17.6 Å². The van der Waals surface area contributed by atoms with Gasteiger partial charge in [0.1, 0.15) is 0 Å². The molecule has 1 aliphatic heterocycles. The van der Waals surface area contributed by atoms with Gasteiger partial charge in [-0.15, -0.1) is 0 Å². The molecule has 120 valence electrons. The Morgan fingerprint density at radius 2 is 2.04 bits per heavy atom. The highest BCUT2D eigenvalue weighted by Crippen LogP contribution is 2.27. The van der Waals surface area contributed by atoms with E-state index in [1.165, 1.54) is 4.90 Å². The van der Waals surface area contributed by atoms with Gasteiger partial charge < -0.3 is 4.52 Å². The molecule has 1 aliphatic rings. The number of imide groups is 1. The van der Waals surface area contributed by atoms with Gasteiger partial charge >= 0.3 is 6.03 Å². The number of carbonyl (C=O) groups excluding carboxylic acids is 2. The zero-order valence-corrected chi connectivity index (χ0v) is 13.3. The Kier molecular flexibility index (Phi) is 3.63. The highest BCUT2D eigenvalue weighted by molar-refractivity contribution is 6.05. The van der Waals surface area contributed by atoms with E-state index in [9.17, 15) is 9.59 Å². The van der Waals surface area contributed by atoms with Crippen molar-refractivity contribution in [2.75, 3.05) is 11.4 Å². The molecular weight excluding hydrogens is 296 g/mol. The average molecular weight is 314 g/mol. The van der Waals surface area contributed by atoms with Crippen molar-refractivity contribution in [3.63, 3.8) is 0 Å². The van der Waals surface area contributed by atoms with Crippen LogP contribution in [0.5, 0.6) is 0 Å². The molecule has 0 radical (unpaired) electrons. The summed E-state index contributed by atoms with van der Waals surface area (Å²) in [5.41, 5.74) is 1.21. The van der Waals surface area contributed by atoms with E-state index in [1.54, 1.807) is 12.1 Å². The van der Waals surface area contributed by atoms with Crippen LogP contribution >= 0.6 is 0 Å². The average Bonchev–Trinajstić information content (AvgIpc) is 2.97. The molecule has 3 rings (SSSR count). The second kappa shape index (κ2) is 5.49. The Morgan fingerprint density at radius 1 is 1.26 bits per heavy atom. The van der Waals surface area contributed by atoms with Crippen LogP contribution < -0.4 is 10.2 Å². The summed E-state index contributed by atoms with van der Waals surface area (Å²) >= 11 is 0. The van der Waals surface area contributed by atoms with Crippen molar-refractivity contribution in [3.8, 4) is 11.5 Å². The number of urea groups is 1. The SMILES string of the molecule is CC(C)(C)c1noc(-c2cccc(N3CCC(=O)NC3=O)c2)n1. The molecule has 0 unspecified atom stereocenters. The second-order valence-electron chi connectivity index (χ2n) is 6.48. The maximum Gasteiger partial charge on any atom is 0.328 e. The number of carbonyl (C=O) groups is 2. The van der Waals surface area contributed by atoms with Crippen LogP contribution in [0.25, 0.3) is 11.5 Å². The number of aromatic nitrogens is 2. The molecule has 0 aliphatic carbocycles. The lowest BCUT2D eigenvalue weighted by Crippen LogP contribution is -2.49. The highest BCUT2D eigenvalue weighted by atomic mass is 16.5. The normalized spacial score (nSPS) is 15.7. The van der Waals surface area contributed by atoms with Gasteiger partial charge in [-0.3, -0.25) is 15.0 Å². The number of nitrogens with one attached hydrogen (secondary N) is 1. The minimum absolute atomic E-state index is 0.202. The lowest BCUT2D eigenvalue weighted by Gasteiger charge is -2.26. The van der Waals surface area contributed by atoms with Gasteiger partial charge in [-0.1, -0.05) is 32.0 Å². The molecule has 1 N–H and O–H groups in total. The zero-order valence-electron chi connectivity index (χ0n) is 13.3. The van der Waals surface area contributed by atoms with Crippen molar-refractivity contribution in [3.05, 3.63) is 30.1 Å². The van der Waals surface area contributed by atoms with Crippen molar-refractivity contribution < 1.29 is 14.1 Å². The van der Waals surface area contributed by atoms with E-state index in [1.807, 2.05) is 32.9 Å². The van der Waals surface area contributed by atoms with Crippen LogP contribution in [0, 0.1) is 0 Å². The lowest BCUT2D eigenvalue weighted by molar-refractivity contribution is -0.120. The number of amides is 3. The second-order valence-corrected chi connectivity index (χ2v) is 6.48. The Morgan fingerprint density at radius 3 is 2.70 bits per heavy atom. The molecule has 7 nitrogen and oxygen atoms in total. The highest BCUT2D eigenvalue weighted by Gasteiger charge is 2.25. The van der Waals surface area contributed by atoms with E-state index in [-0.39, 0.29) is 17.7 Å². The Hall–Kier alpha value is -2.70. The number of hydrogen-bond acceptors (Lipinski definition) is 5. The van der Waals surface area contributed by atoms with Crippen LogP contribution in [0.1, 0.15) is 33.0 Å². The smallest absolute Gasteiger partial charge is 0.328 e. The van der Waals surface area contributed by atoms with E-state index in [4.69, 9.17) is 4.52 Å². The van der Waals surface area contributed by atoms with E-state index in [0.717, 1.165) is 5.56 Å². The molecule has 1 fully saturated rings. The predicted octanol–water partition coefficient (Wildman–Crippen LogP) is 2.48. The minimum Gasteiger partial charge on any atom is -0.334 e. The van der Waals surface area contributed by atoms with Crippen LogP contribution in [0.15, 0.2) is 28.8 Å². The molecule has 7 heteroatoms. The van der Waals surface area contributed by atoms with Gasteiger partial charge in [0.05, 0.1) is 0 Å². The molecule has 0 spiro atoms. The fourth-order valence-electron chi connectivity index (χ4n) is 2.26. The number of anilines is 1. The monoisotopic (exact) mass is 314 g/mol. The maximum absolute atomic E-state index is 11.9. The third kappa shape index (κ3) is 3.08. The van der Waals surface area contributed by atoms with Crippen molar-refractivity contribution in [1.82, 2.24) is 15.5 Å². The third-order valence-electron chi connectivity index (χ3n) is 3.56. The molecule has 2 aromatic rings. The largest absolute Gasteiger partial charge is 0.334 e. The summed E-state index contributed by atoms with van der Waals surface area (Å²) in [4.78, 5) is 29.1. The first-order valence-corrected chi connectivity index (χ1v) is 7.40.